The summed E-state index contributed by atoms with van der Waals surface area (Å²) in [4.78, 5) is 14.7. The highest BCUT2D eigenvalue weighted by atomic mass is 16.5. The van der Waals surface area contributed by atoms with Crippen LogP contribution in [0.5, 0.6) is 11.6 Å². The Hall–Kier alpha value is -2.37. The minimum absolute atomic E-state index is 0.119. The molecule has 0 bridgehead atoms. The van der Waals surface area contributed by atoms with Crippen LogP contribution in [0.3, 0.4) is 0 Å². The number of carboxylic acids is 1. The molecule has 2 rings (SSSR count). The molecule has 6 nitrogen and oxygen atoms in total. The molecule has 0 aliphatic rings. The maximum absolute atomic E-state index is 10.9. The van der Waals surface area contributed by atoms with Crippen molar-refractivity contribution in [3.63, 3.8) is 0 Å². The zero-order valence-corrected chi connectivity index (χ0v) is 9.41. The Bertz CT molecular complexity index is 563. The molecule has 2 aromatic rings. The van der Waals surface area contributed by atoms with Gasteiger partial charge in [-0.1, -0.05) is 0 Å². The fourth-order valence-corrected chi connectivity index (χ4v) is 1.43. The van der Waals surface area contributed by atoms with Gasteiger partial charge >= 0.3 is 5.97 Å². The van der Waals surface area contributed by atoms with E-state index in [9.17, 15) is 4.79 Å². The summed E-state index contributed by atoms with van der Waals surface area (Å²) < 4.78 is 7.02. The number of aromatic nitrogens is 3. The van der Waals surface area contributed by atoms with Crippen LogP contribution in [0.1, 0.15) is 16.2 Å². The first kappa shape index (κ1) is 11.1. The largest absolute Gasteiger partial charge is 0.476 e. The van der Waals surface area contributed by atoms with E-state index in [2.05, 4.69) is 10.1 Å². The predicted molar refractivity (Wildman–Crippen MR) is 59.2 cm³/mol. The van der Waals surface area contributed by atoms with Crippen LogP contribution in [0.2, 0.25) is 0 Å². The molecule has 0 spiro atoms. The highest BCUT2D eigenvalue weighted by Gasteiger charge is 2.14. The molecule has 0 unspecified atom stereocenters. The number of aromatic carboxylic acids is 1. The maximum atomic E-state index is 10.9. The summed E-state index contributed by atoms with van der Waals surface area (Å²) in [5.41, 5.74) is 0.676. The molecule has 1 N–H and O–H groups in total. The van der Waals surface area contributed by atoms with Gasteiger partial charge < -0.3 is 9.84 Å². The molecule has 0 aliphatic carbocycles. The number of nitrogens with zero attached hydrogens (tertiary/aromatic N) is 3. The van der Waals surface area contributed by atoms with Gasteiger partial charge in [-0.3, -0.25) is 0 Å². The van der Waals surface area contributed by atoms with Gasteiger partial charge in [-0.15, -0.1) is 0 Å². The van der Waals surface area contributed by atoms with Crippen LogP contribution < -0.4 is 4.74 Å². The van der Waals surface area contributed by atoms with E-state index in [1.807, 2.05) is 6.92 Å². The molecule has 17 heavy (non-hydrogen) atoms. The van der Waals surface area contributed by atoms with Gasteiger partial charge in [0.1, 0.15) is 0 Å². The summed E-state index contributed by atoms with van der Waals surface area (Å²) in [6, 6.07) is 4.89. The summed E-state index contributed by atoms with van der Waals surface area (Å²) >= 11 is 0. The van der Waals surface area contributed by atoms with Crippen molar-refractivity contribution < 1.29 is 14.6 Å². The van der Waals surface area contributed by atoms with Crippen molar-refractivity contribution >= 4 is 5.97 Å². The first-order valence-electron chi connectivity index (χ1n) is 4.94. The number of hydrogen-bond donors (Lipinski definition) is 1. The van der Waals surface area contributed by atoms with Gasteiger partial charge in [0.05, 0.1) is 5.69 Å². The van der Waals surface area contributed by atoms with Gasteiger partial charge in [0, 0.05) is 19.3 Å². The smallest absolute Gasteiger partial charge is 0.358 e. The number of aryl methyl sites for hydroxylation is 2. The van der Waals surface area contributed by atoms with Gasteiger partial charge in [-0.05, 0) is 19.1 Å². The molecular weight excluding hydrogens is 222 g/mol. The van der Waals surface area contributed by atoms with E-state index in [0.717, 1.165) is 5.69 Å². The van der Waals surface area contributed by atoms with Crippen molar-refractivity contribution in [1.29, 1.82) is 0 Å². The van der Waals surface area contributed by atoms with Gasteiger partial charge in [-0.2, -0.15) is 5.10 Å². The summed E-state index contributed by atoms with van der Waals surface area (Å²) in [5, 5.41) is 13.1. The molecule has 0 amide bonds. The van der Waals surface area contributed by atoms with Crippen LogP contribution in [0.25, 0.3) is 0 Å². The minimum Gasteiger partial charge on any atom is -0.476 e. The molecule has 0 saturated heterocycles. The Balaban J connectivity index is 2.36. The Morgan fingerprint density at radius 1 is 1.53 bits per heavy atom. The second-order valence-corrected chi connectivity index (χ2v) is 3.50. The van der Waals surface area contributed by atoms with E-state index in [4.69, 9.17) is 9.84 Å². The molecule has 0 atom stereocenters. The second kappa shape index (κ2) is 4.25. The van der Waals surface area contributed by atoms with Crippen LogP contribution in [0.15, 0.2) is 24.4 Å². The van der Waals surface area contributed by atoms with Crippen LogP contribution in [0, 0.1) is 6.92 Å². The fourth-order valence-electron chi connectivity index (χ4n) is 1.43. The quantitative estimate of drug-likeness (QED) is 0.871. The lowest BCUT2D eigenvalue weighted by Crippen LogP contribution is -2.04. The first-order chi connectivity index (χ1) is 8.08. The van der Waals surface area contributed by atoms with E-state index in [1.54, 1.807) is 25.2 Å². The Morgan fingerprint density at radius 3 is 2.88 bits per heavy atom. The summed E-state index contributed by atoms with van der Waals surface area (Å²) in [6.07, 6.45) is 1.41. The van der Waals surface area contributed by atoms with Crippen molar-refractivity contribution in [1.82, 2.24) is 14.8 Å². The van der Waals surface area contributed by atoms with E-state index in [-0.39, 0.29) is 11.4 Å². The monoisotopic (exact) mass is 233 g/mol. The molecule has 6 heteroatoms. The van der Waals surface area contributed by atoms with Crippen molar-refractivity contribution in [3.8, 4) is 11.6 Å². The number of carbonyl (C=O) groups is 1. The zero-order valence-electron chi connectivity index (χ0n) is 9.41. The van der Waals surface area contributed by atoms with Gasteiger partial charge in [-0.25, -0.2) is 14.5 Å². The SMILES string of the molecule is Cc1cc(Oc2cccnc2C(=O)O)n(C)n1. The average Bonchev–Trinajstić information content (AvgIpc) is 2.58. The number of rotatable bonds is 3. The predicted octanol–water partition coefficient (Wildman–Crippen LogP) is 1.61. The minimum atomic E-state index is -1.13. The fraction of sp³-hybridized carbons (Fsp3) is 0.182. The number of carboxylic acid groups (broad SMARTS) is 1. The van der Waals surface area contributed by atoms with Crippen molar-refractivity contribution in [2.24, 2.45) is 7.05 Å². The lowest BCUT2D eigenvalue weighted by atomic mass is 10.3. The number of hydrogen-bond acceptors (Lipinski definition) is 4. The maximum Gasteiger partial charge on any atom is 0.358 e. The Labute approximate surface area is 97.5 Å². The van der Waals surface area contributed by atoms with E-state index >= 15 is 0 Å². The lowest BCUT2D eigenvalue weighted by Gasteiger charge is -2.06. The first-order valence-corrected chi connectivity index (χ1v) is 4.94. The van der Waals surface area contributed by atoms with E-state index < -0.39 is 5.97 Å². The molecule has 0 aliphatic heterocycles. The third-order valence-corrected chi connectivity index (χ3v) is 2.15. The van der Waals surface area contributed by atoms with Crippen LogP contribution in [-0.2, 0) is 7.05 Å². The molecule has 2 heterocycles. The molecule has 2 aromatic heterocycles. The van der Waals surface area contributed by atoms with Crippen LogP contribution >= 0.6 is 0 Å². The number of pyridine rings is 1. The topological polar surface area (TPSA) is 77.2 Å². The van der Waals surface area contributed by atoms with Gasteiger partial charge in [0.25, 0.3) is 0 Å². The molecule has 0 saturated carbocycles. The summed E-state index contributed by atoms with van der Waals surface area (Å²) in [6.45, 7) is 1.83. The molecule has 88 valence electrons. The van der Waals surface area contributed by atoms with Gasteiger partial charge in [0.2, 0.25) is 5.88 Å². The molecule has 0 fully saturated rings. The van der Waals surface area contributed by atoms with Crippen molar-refractivity contribution in [3.05, 3.63) is 35.8 Å². The van der Waals surface area contributed by atoms with Gasteiger partial charge in [0.15, 0.2) is 11.4 Å². The average molecular weight is 233 g/mol. The Kier molecular flexibility index (Phi) is 2.78. The summed E-state index contributed by atoms with van der Waals surface area (Å²) in [5.74, 6) is -0.458. The summed E-state index contributed by atoms with van der Waals surface area (Å²) in [7, 11) is 1.72. The van der Waals surface area contributed by atoms with Crippen LogP contribution in [0.4, 0.5) is 0 Å². The third kappa shape index (κ3) is 2.25. The molecule has 0 aromatic carbocycles. The van der Waals surface area contributed by atoms with E-state index in [0.29, 0.717) is 5.88 Å². The van der Waals surface area contributed by atoms with Crippen molar-refractivity contribution in [2.45, 2.75) is 6.92 Å². The number of ether oxygens (including phenoxy) is 1. The standard InChI is InChI=1S/C11H11N3O3/c1-7-6-9(14(2)13-7)17-8-4-3-5-12-10(8)11(15)16/h3-6H,1-2H3,(H,15,16). The molecule has 0 radical (unpaired) electrons. The normalized spacial score (nSPS) is 10.2. The Morgan fingerprint density at radius 2 is 2.29 bits per heavy atom. The molecular formula is C11H11N3O3. The van der Waals surface area contributed by atoms with Crippen molar-refractivity contribution in [2.75, 3.05) is 0 Å². The third-order valence-electron chi connectivity index (χ3n) is 2.15. The zero-order chi connectivity index (χ0) is 12.4. The highest BCUT2D eigenvalue weighted by Crippen LogP contribution is 2.23. The van der Waals surface area contributed by atoms with Crippen LogP contribution in [-0.4, -0.2) is 25.8 Å². The lowest BCUT2D eigenvalue weighted by molar-refractivity contribution is 0.0687. The van der Waals surface area contributed by atoms with E-state index in [1.165, 1.54) is 10.9 Å². The highest BCUT2D eigenvalue weighted by molar-refractivity contribution is 5.88. The second-order valence-electron chi connectivity index (χ2n) is 3.50.